The fraction of sp³-hybridized carbons (Fsp3) is 0.0385. The predicted molar refractivity (Wildman–Crippen MR) is 124 cm³/mol. The van der Waals surface area contributed by atoms with Crippen molar-refractivity contribution < 1.29 is 22.3 Å². The summed E-state index contributed by atoms with van der Waals surface area (Å²) in [7, 11) is -3.85. The van der Waals surface area contributed by atoms with Crippen molar-refractivity contribution in [2.45, 2.75) is 16.2 Å². The van der Waals surface area contributed by atoms with Crippen molar-refractivity contribution in [2.75, 3.05) is 5.32 Å². The number of carbonyl (C=O) groups excluding carboxylic acids is 1. The molecule has 0 radical (unpaired) electrons. The van der Waals surface area contributed by atoms with Gasteiger partial charge in [0, 0.05) is 11.8 Å². The largest absolute Gasteiger partial charge is 0.457 e. The molecule has 0 saturated carbocycles. The number of anilines is 1. The Kier molecular flexibility index (Phi) is 6.51. The van der Waals surface area contributed by atoms with E-state index in [1.54, 1.807) is 48.5 Å². The molecule has 4 aromatic carbocycles. The molecule has 5 nitrogen and oxygen atoms in total. The number of carbonyl (C=O) groups is 1. The van der Waals surface area contributed by atoms with Gasteiger partial charge in [-0.2, -0.15) is 0 Å². The molecule has 0 unspecified atom stereocenters. The molecular formula is C26H20FNO4S. The molecule has 0 fully saturated rings. The number of hydrogen-bond donors (Lipinski definition) is 1. The number of benzene rings is 4. The topological polar surface area (TPSA) is 72.5 Å². The van der Waals surface area contributed by atoms with Gasteiger partial charge in [0.1, 0.15) is 17.3 Å². The van der Waals surface area contributed by atoms with Crippen LogP contribution in [0.5, 0.6) is 11.5 Å². The average Bonchev–Trinajstić information content (AvgIpc) is 2.81. The second-order valence-electron chi connectivity index (χ2n) is 7.28. The molecule has 1 amide bonds. The normalized spacial score (nSPS) is 11.1. The van der Waals surface area contributed by atoms with Crippen molar-refractivity contribution >= 4 is 21.4 Å². The van der Waals surface area contributed by atoms with Gasteiger partial charge < -0.3 is 10.1 Å². The molecular weight excluding hydrogens is 441 g/mol. The van der Waals surface area contributed by atoms with Gasteiger partial charge in [-0.15, -0.1) is 0 Å². The molecule has 0 atom stereocenters. The Balaban J connectivity index is 1.66. The highest BCUT2D eigenvalue weighted by Crippen LogP contribution is 2.31. The molecule has 1 N–H and O–H groups in total. The van der Waals surface area contributed by atoms with Gasteiger partial charge in [-0.1, -0.05) is 48.5 Å². The third-order valence-electron chi connectivity index (χ3n) is 4.78. The van der Waals surface area contributed by atoms with Crippen LogP contribution in [-0.4, -0.2) is 14.3 Å². The first-order valence-corrected chi connectivity index (χ1v) is 11.6. The summed E-state index contributed by atoms with van der Waals surface area (Å²) in [5.41, 5.74) is 0.896. The Morgan fingerprint density at radius 3 is 2.06 bits per heavy atom. The maximum absolute atomic E-state index is 13.2. The number of hydrogen-bond acceptors (Lipinski definition) is 4. The monoisotopic (exact) mass is 461 g/mol. The molecule has 0 aromatic heterocycles. The van der Waals surface area contributed by atoms with E-state index in [1.165, 1.54) is 48.5 Å². The van der Waals surface area contributed by atoms with E-state index < -0.39 is 9.84 Å². The summed E-state index contributed by atoms with van der Waals surface area (Å²) < 4.78 is 45.4. The summed E-state index contributed by atoms with van der Waals surface area (Å²) in [5, 5.41) is 2.72. The fourth-order valence-electron chi connectivity index (χ4n) is 3.21. The molecule has 7 heteroatoms. The van der Waals surface area contributed by atoms with Crippen LogP contribution in [0, 0.1) is 5.82 Å². The number of amides is 1. The van der Waals surface area contributed by atoms with Crippen molar-refractivity contribution in [3.05, 3.63) is 115 Å². The van der Waals surface area contributed by atoms with E-state index in [0.717, 1.165) is 0 Å². The highest BCUT2D eigenvalue weighted by atomic mass is 32.2. The number of sulfone groups is 1. The van der Waals surface area contributed by atoms with Crippen LogP contribution in [0.4, 0.5) is 10.1 Å². The second-order valence-corrected chi connectivity index (χ2v) is 9.23. The second kappa shape index (κ2) is 9.67. The lowest BCUT2D eigenvalue weighted by Crippen LogP contribution is -2.15. The van der Waals surface area contributed by atoms with Crippen LogP contribution < -0.4 is 10.1 Å². The molecule has 0 aliphatic rings. The Morgan fingerprint density at radius 2 is 1.39 bits per heavy atom. The zero-order valence-corrected chi connectivity index (χ0v) is 18.3. The van der Waals surface area contributed by atoms with E-state index in [9.17, 15) is 17.6 Å². The number of ether oxygens (including phenoxy) is 1. The fourth-order valence-corrected chi connectivity index (χ4v) is 4.55. The summed E-state index contributed by atoms with van der Waals surface area (Å²) in [6, 6.07) is 26.9. The third kappa shape index (κ3) is 5.64. The van der Waals surface area contributed by atoms with Crippen molar-refractivity contribution in [3.63, 3.8) is 0 Å². The lowest BCUT2D eigenvalue weighted by atomic mass is 10.1. The molecule has 4 aromatic rings. The Bertz CT molecular complexity index is 1360. The van der Waals surface area contributed by atoms with Gasteiger partial charge in [-0.3, -0.25) is 4.79 Å². The van der Waals surface area contributed by atoms with Crippen LogP contribution in [0.2, 0.25) is 0 Å². The molecule has 0 heterocycles. The Hall–Kier alpha value is -3.97. The van der Waals surface area contributed by atoms with E-state index in [0.29, 0.717) is 11.3 Å². The number of para-hydroxylation sites is 1. The van der Waals surface area contributed by atoms with Crippen molar-refractivity contribution in [3.8, 4) is 11.5 Å². The summed E-state index contributed by atoms with van der Waals surface area (Å²) in [5.74, 6) is 0.0212. The van der Waals surface area contributed by atoms with E-state index in [4.69, 9.17) is 4.74 Å². The summed E-state index contributed by atoms with van der Waals surface area (Å²) in [4.78, 5) is 12.7. The minimum absolute atomic E-state index is 0.00478. The van der Waals surface area contributed by atoms with Crippen LogP contribution in [0.1, 0.15) is 5.56 Å². The lowest BCUT2D eigenvalue weighted by molar-refractivity contribution is -0.115. The van der Waals surface area contributed by atoms with Crippen LogP contribution in [0.25, 0.3) is 0 Å². The first kappa shape index (κ1) is 22.2. The maximum Gasteiger partial charge on any atom is 0.228 e. The van der Waals surface area contributed by atoms with Crippen LogP contribution in [0.15, 0.2) is 113 Å². The third-order valence-corrected chi connectivity index (χ3v) is 6.53. The summed E-state index contributed by atoms with van der Waals surface area (Å²) in [6.45, 7) is 0. The molecule has 166 valence electrons. The number of rotatable bonds is 7. The van der Waals surface area contributed by atoms with Gasteiger partial charge in [-0.25, -0.2) is 12.8 Å². The smallest absolute Gasteiger partial charge is 0.228 e. The quantitative estimate of drug-likeness (QED) is 0.387. The number of nitrogens with one attached hydrogen (secondary N) is 1. The van der Waals surface area contributed by atoms with Gasteiger partial charge in [0.05, 0.1) is 16.2 Å². The number of halogens is 1. The minimum Gasteiger partial charge on any atom is -0.457 e. The lowest BCUT2D eigenvalue weighted by Gasteiger charge is -2.13. The van der Waals surface area contributed by atoms with Crippen LogP contribution >= 0.6 is 0 Å². The van der Waals surface area contributed by atoms with Crippen molar-refractivity contribution in [2.24, 2.45) is 0 Å². The SMILES string of the molecule is O=C(Cc1ccc(F)cc1)Nc1cc(Oc2ccccc2)cc(S(=O)(=O)c2ccccc2)c1. The van der Waals surface area contributed by atoms with Gasteiger partial charge in [0.25, 0.3) is 0 Å². The zero-order chi connectivity index (χ0) is 23.3. The minimum atomic E-state index is -3.85. The Labute approximate surface area is 191 Å². The van der Waals surface area contributed by atoms with Crippen molar-refractivity contribution in [1.82, 2.24) is 0 Å². The molecule has 0 aliphatic heterocycles. The van der Waals surface area contributed by atoms with Crippen LogP contribution in [0.3, 0.4) is 0 Å². The molecule has 33 heavy (non-hydrogen) atoms. The first-order valence-electron chi connectivity index (χ1n) is 10.1. The zero-order valence-electron chi connectivity index (χ0n) is 17.4. The van der Waals surface area contributed by atoms with Gasteiger partial charge >= 0.3 is 0 Å². The maximum atomic E-state index is 13.2. The van der Waals surface area contributed by atoms with E-state index in [1.807, 2.05) is 6.07 Å². The summed E-state index contributed by atoms with van der Waals surface area (Å²) >= 11 is 0. The average molecular weight is 462 g/mol. The molecule has 0 saturated heterocycles. The van der Waals surface area contributed by atoms with E-state index in [2.05, 4.69) is 5.32 Å². The highest BCUT2D eigenvalue weighted by molar-refractivity contribution is 7.91. The molecule has 4 rings (SSSR count). The molecule has 0 bridgehead atoms. The van der Waals surface area contributed by atoms with Gasteiger partial charge in [-0.05, 0) is 54.1 Å². The molecule has 0 aliphatic carbocycles. The molecule has 0 spiro atoms. The Morgan fingerprint density at radius 1 is 0.758 bits per heavy atom. The van der Waals surface area contributed by atoms with Gasteiger partial charge in [0.2, 0.25) is 15.7 Å². The summed E-state index contributed by atoms with van der Waals surface area (Å²) in [6.07, 6.45) is 0.00478. The highest BCUT2D eigenvalue weighted by Gasteiger charge is 2.20. The van der Waals surface area contributed by atoms with E-state index in [-0.39, 0.29) is 39.4 Å². The van der Waals surface area contributed by atoms with Crippen molar-refractivity contribution in [1.29, 1.82) is 0 Å². The van der Waals surface area contributed by atoms with E-state index >= 15 is 0 Å². The van der Waals surface area contributed by atoms with Crippen LogP contribution in [-0.2, 0) is 21.1 Å². The standard InChI is InChI=1S/C26H20FNO4S/c27-20-13-11-19(12-14-20)15-26(29)28-21-16-23(32-22-7-3-1-4-8-22)18-25(17-21)33(30,31)24-9-5-2-6-10-24/h1-14,16-18H,15H2,(H,28,29). The predicted octanol–water partition coefficient (Wildman–Crippen LogP) is 5.63. The first-order chi connectivity index (χ1) is 15.9. The van der Waals surface area contributed by atoms with Gasteiger partial charge in [0.15, 0.2) is 0 Å².